The zero-order valence-electron chi connectivity index (χ0n) is 7.34. The van der Waals surface area contributed by atoms with Gasteiger partial charge in [-0.3, -0.25) is 0 Å². The minimum Gasteiger partial charge on any atom is -0.240 e. The third-order valence-electron chi connectivity index (χ3n) is 1.58. The molecular formula is C7H11BrN5+. The van der Waals surface area contributed by atoms with Gasteiger partial charge in [-0.1, -0.05) is 21.0 Å². The maximum atomic E-state index is 8.11. The molecule has 1 unspecified atom stereocenters. The van der Waals surface area contributed by atoms with Gasteiger partial charge < -0.3 is 0 Å². The van der Waals surface area contributed by atoms with Crippen molar-refractivity contribution < 1.29 is 4.57 Å². The Bertz CT molecular complexity index is 314. The predicted octanol–water partition coefficient (Wildman–Crippen LogP) is 1.39. The summed E-state index contributed by atoms with van der Waals surface area (Å²) in [6.07, 6.45) is 5.92. The summed E-state index contributed by atoms with van der Waals surface area (Å²) in [5.41, 5.74) is 8.11. The minimum absolute atomic E-state index is 0.191. The van der Waals surface area contributed by atoms with Crippen molar-refractivity contribution in [3.63, 3.8) is 0 Å². The third-order valence-corrected chi connectivity index (χ3v) is 2.15. The molecule has 0 aliphatic heterocycles. The maximum Gasteiger partial charge on any atom is 0.243 e. The molecule has 0 aromatic carbocycles. The SMILES string of the molecule is C[n+]1ccn(CC(Br)CN=[N+]=[N-])c1. The van der Waals surface area contributed by atoms with Crippen LogP contribution in [0.4, 0.5) is 0 Å². The van der Waals surface area contributed by atoms with Crippen molar-refractivity contribution in [2.45, 2.75) is 11.4 Å². The first-order valence-corrected chi connectivity index (χ1v) is 4.80. The number of imidazole rings is 1. The molecule has 0 saturated heterocycles. The van der Waals surface area contributed by atoms with Gasteiger partial charge in [0, 0.05) is 11.5 Å². The lowest BCUT2D eigenvalue weighted by Crippen LogP contribution is -2.24. The first-order valence-electron chi connectivity index (χ1n) is 3.88. The summed E-state index contributed by atoms with van der Waals surface area (Å²) in [7, 11) is 1.97. The quantitative estimate of drug-likeness (QED) is 0.253. The van der Waals surface area contributed by atoms with E-state index in [0.717, 1.165) is 6.54 Å². The van der Waals surface area contributed by atoms with E-state index in [2.05, 4.69) is 26.0 Å². The molecule has 0 aliphatic carbocycles. The third kappa shape index (κ3) is 3.48. The number of azide groups is 1. The average Bonchev–Trinajstić information content (AvgIpc) is 2.48. The molecule has 0 spiro atoms. The van der Waals surface area contributed by atoms with Gasteiger partial charge in [0.1, 0.15) is 18.9 Å². The largest absolute Gasteiger partial charge is 0.243 e. The van der Waals surface area contributed by atoms with Crippen molar-refractivity contribution in [1.29, 1.82) is 0 Å². The molecular weight excluding hydrogens is 234 g/mol. The van der Waals surface area contributed by atoms with Crippen molar-refractivity contribution in [2.75, 3.05) is 6.54 Å². The van der Waals surface area contributed by atoms with Crippen LogP contribution in [0.25, 0.3) is 10.4 Å². The number of aryl methyl sites for hydroxylation is 1. The molecule has 0 fully saturated rings. The number of aromatic nitrogens is 2. The lowest BCUT2D eigenvalue weighted by molar-refractivity contribution is -0.671. The van der Waals surface area contributed by atoms with Gasteiger partial charge in [0.15, 0.2) is 0 Å². The Kier molecular flexibility index (Phi) is 3.79. The molecule has 0 bridgehead atoms. The highest BCUT2D eigenvalue weighted by Gasteiger charge is 2.07. The number of alkyl halides is 1. The average molecular weight is 245 g/mol. The fraction of sp³-hybridized carbons (Fsp3) is 0.571. The van der Waals surface area contributed by atoms with Crippen molar-refractivity contribution in [3.05, 3.63) is 29.2 Å². The summed E-state index contributed by atoms with van der Waals surface area (Å²) in [6.45, 7) is 1.28. The summed E-state index contributed by atoms with van der Waals surface area (Å²) < 4.78 is 4.00. The molecule has 0 saturated carbocycles. The van der Waals surface area contributed by atoms with E-state index in [0.29, 0.717) is 6.54 Å². The Hall–Kier alpha value is -1.00. The lowest BCUT2D eigenvalue weighted by atomic mass is 10.4. The topological polar surface area (TPSA) is 57.6 Å². The molecule has 1 heterocycles. The predicted molar refractivity (Wildman–Crippen MR) is 52.3 cm³/mol. The molecule has 0 radical (unpaired) electrons. The normalized spacial score (nSPS) is 12.2. The monoisotopic (exact) mass is 244 g/mol. The van der Waals surface area contributed by atoms with Crippen molar-refractivity contribution in [3.8, 4) is 0 Å². The van der Waals surface area contributed by atoms with E-state index in [-0.39, 0.29) is 4.83 Å². The van der Waals surface area contributed by atoms with E-state index >= 15 is 0 Å². The molecule has 0 N–H and O–H groups in total. The number of rotatable bonds is 4. The number of hydrogen-bond acceptors (Lipinski definition) is 1. The van der Waals surface area contributed by atoms with Crippen molar-refractivity contribution >= 4 is 15.9 Å². The van der Waals surface area contributed by atoms with E-state index in [4.69, 9.17) is 5.53 Å². The maximum absolute atomic E-state index is 8.11. The molecule has 1 rings (SSSR count). The summed E-state index contributed by atoms with van der Waals surface area (Å²) in [5.74, 6) is 0. The van der Waals surface area contributed by atoms with Gasteiger partial charge in [-0.05, 0) is 5.53 Å². The van der Waals surface area contributed by atoms with Crippen LogP contribution in [-0.2, 0) is 13.6 Å². The lowest BCUT2D eigenvalue weighted by Gasteiger charge is -2.01. The van der Waals surface area contributed by atoms with Gasteiger partial charge in [0.05, 0.1) is 11.9 Å². The van der Waals surface area contributed by atoms with Crippen LogP contribution in [0.1, 0.15) is 0 Å². The van der Waals surface area contributed by atoms with Crippen molar-refractivity contribution in [1.82, 2.24) is 4.57 Å². The number of nitrogens with zero attached hydrogens (tertiary/aromatic N) is 5. The first kappa shape index (κ1) is 10.1. The summed E-state index contributed by atoms with van der Waals surface area (Å²) in [5, 5.41) is 3.49. The fourth-order valence-corrected chi connectivity index (χ4v) is 1.49. The molecule has 70 valence electrons. The highest BCUT2D eigenvalue weighted by molar-refractivity contribution is 9.09. The van der Waals surface area contributed by atoms with Crippen LogP contribution in [0.15, 0.2) is 23.8 Å². The number of halogens is 1. The van der Waals surface area contributed by atoms with Gasteiger partial charge >= 0.3 is 0 Å². The molecule has 6 heteroatoms. The second-order valence-electron chi connectivity index (χ2n) is 2.79. The Morgan fingerprint density at radius 2 is 2.54 bits per heavy atom. The summed E-state index contributed by atoms with van der Waals surface area (Å²) >= 11 is 3.43. The van der Waals surface area contributed by atoms with Crippen LogP contribution in [0, 0.1) is 0 Å². The van der Waals surface area contributed by atoms with E-state index in [9.17, 15) is 0 Å². The van der Waals surface area contributed by atoms with Gasteiger partial charge in [-0.15, -0.1) is 0 Å². The Labute approximate surface area is 84.7 Å². The first-order chi connectivity index (χ1) is 6.22. The van der Waals surface area contributed by atoms with Crippen LogP contribution in [0.2, 0.25) is 0 Å². The number of hydrogen-bond donors (Lipinski definition) is 0. The molecule has 1 atom stereocenters. The summed E-state index contributed by atoms with van der Waals surface area (Å²) in [6, 6.07) is 0. The second-order valence-corrected chi connectivity index (χ2v) is 4.08. The Morgan fingerprint density at radius 3 is 3.08 bits per heavy atom. The zero-order valence-corrected chi connectivity index (χ0v) is 8.92. The van der Waals surface area contributed by atoms with Crippen LogP contribution in [0.3, 0.4) is 0 Å². The molecule has 1 aromatic heterocycles. The van der Waals surface area contributed by atoms with Gasteiger partial charge in [0.2, 0.25) is 6.33 Å². The minimum atomic E-state index is 0.191. The summed E-state index contributed by atoms with van der Waals surface area (Å²) in [4.78, 5) is 2.89. The highest BCUT2D eigenvalue weighted by Crippen LogP contribution is 2.03. The van der Waals surface area contributed by atoms with E-state index in [1.54, 1.807) is 0 Å². The molecule has 5 nitrogen and oxygen atoms in total. The Morgan fingerprint density at radius 1 is 1.77 bits per heavy atom. The highest BCUT2D eigenvalue weighted by atomic mass is 79.9. The van der Waals surface area contributed by atoms with Gasteiger partial charge in [0.25, 0.3) is 0 Å². The van der Waals surface area contributed by atoms with E-state index in [1.807, 2.05) is 34.9 Å². The van der Waals surface area contributed by atoms with E-state index in [1.165, 1.54) is 0 Å². The smallest absolute Gasteiger partial charge is 0.240 e. The van der Waals surface area contributed by atoms with E-state index < -0.39 is 0 Å². The van der Waals surface area contributed by atoms with Gasteiger partial charge in [-0.25, -0.2) is 9.13 Å². The van der Waals surface area contributed by atoms with Crippen LogP contribution in [-0.4, -0.2) is 15.9 Å². The standard InChI is InChI=1S/C7H11BrN5/c1-12-2-3-13(6-12)5-7(8)4-10-11-9/h2-3,6-7H,4-5H2,1H3/q+1. The molecule has 13 heavy (non-hydrogen) atoms. The molecule has 1 aromatic rings. The Balaban J connectivity index is 2.44. The van der Waals surface area contributed by atoms with Crippen LogP contribution < -0.4 is 4.57 Å². The molecule has 0 amide bonds. The van der Waals surface area contributed by atoms with Crippen LogP contribution in [0.5, 0.6) is 0 Å². The molecule has 0 aliphatic rings. The van der Waals surface area contributed by atoms with Crippen molar-refractivity contribution in [2.24, 2.45) is 12.2 Å². The fourth-order valence-electron chi connectivity index (χ4n) is 1.02. The van der Waals surface area contributed by atoms with Gasteiger partial charge in [-0.2, -0.15) is 0 Å². The van der Waals surface area contributed by atoms with Crippen LogP contribution >= 0.6 is 15.9 Å². The zero-order chi connectivity index (χ0) is 9.68. The second kappa shape index (κ2) is 4.89.